The average molecular weight is 420 g/mol. The van der Waals surface area contributed by atoms with E-state index in [2.05, 4.69) is 10.1 Å². The molecule has 0 spiro atoms. The van der Waals surface area contributed by atoms with Gasteiger partial charge in [-0.15, -0.1) is 0 Å². The fourth-order valence-electron chi connectivity index (χ4n) is 2.54. The molecule has 0 aromatic heterocycles. The Morgan fingerprint density at radius 1 is 1.28 bits per heavy atom. The number of sulfonamides is 1. The van der Waals surface area contributed by atoms with Gasteiger partial charge in [-0.1, -0.05) is 18.2 Å². The lowest BCUT2D eigenvalue weighted by Crippen LogP contribution is -2.47. The standard InChI is InChI=1S/C18H24N6O4S/c1-28-16-10-15(6-7-17(16)29(26,27)22-8-9-25)18(20)23-24(21)12-14-4-2-13(11-19)3-5-14/h2-7,10,18,22-23,25H,8-9,12,20-21H2,1H3. The van der Waals surface area contributed by atoms with Crippen LogP contribution < -0.4 is 26.5 Å². The lowest BCUT2D eigenvalue weighted by molar-refractivity contribution is 0.152. The summed E-state index contributed by atoms with van der Waals surface area (Å²) in [6.45, 7) is -0.0974. The van der Waals surface area contributed by atoms with Gasteiger partial charge in [0.25, 0.3) is 0 Å². The number of hydrogen-bond acceptors (Lipinski definition) is 9. The molecule has 1 atom stereocenters. The summed E-state index contributed by atoms with van der Waals surface area (Å²) < 4.78 is 32.0. The van der Waals surface area contributed by atoms with E-state index >= 15 is 0 Å². The molecule has 0 saturated heterocycles. The molecule has 0 saturated carbocycles. The van der Waals surface area contributed by atoms with Crippen LogP contribution in [0.3, 0.4) is 0 Å². The molecule has 1 unspecified atom stereocenters. The minimum Gasteiger partial charge on any atom is -0.495 e. The van der Waals surface area contributed by atoms with E-state index in [0.29, 0.717) is 17.7 Å². The Kier molecular flexibility index (Phi) is 8.06. The van der Waals surface area contributed by atoms with Crippen molar-refractivity contribution in [2.75, 3.05) is 20.3 Å². The number of methoxy groups -OCH3 is 1. The topological polar surface area (TPSA) is 167 Å². The number of nitrogens with two attached hydrogens (primary N) is 2. The van der Waals surface area contributed by atoms with Gasteiger partial charge in [-0.25, -0.2) is 18.6 Å². The number of nitriles is 1. The second-order valence-corrected chi connectivity index (χ2v) is 7.81. The SMILES string of the molecule is COc1cc(C(N)NN(N)Cc2ccc(C#N)cc2)ccc1S(=O)(=O)NCCO. The fourth-order valence-corrected chi connectivity index (χ4v) is 3.71. The van der Waals surface area contributed by atoms with Crippen LogP contribution in [-0.4, -0.2) is 38.9 Å². The summed E-state index contributed by atoms with van der Waals surface area (Å²) in [6.07, 6.45) is -0.727. The smallest absolute Gasteiger partial charge is 0.244 e. The first kappa shape index (κ1) is 22.7. The summed E-state index contributed by atoms with van der Waals surface area (Å²) in [7, 11) is -2.48. The third-order valence-electron chi connectivity index (χ3n) is 3.98. The van der Waals surface area contributed by atoms with Gasteiger partial charge in [0, 0.05) is 6.54 Å². The summed E-state index contributed by atoms with van der Waals surface area (Å²) >= 11 is 0. The normalized spacial score (nSPS) is 12.6. The first-order chi connectivity index (χ1) is 13.8. The second kappa shape index (κ2) is 10.3. The van der Waals surface area contributed by atoms with E-state index in [-0.39, 0.29) is 23.8 Å². The van der Waals surface area contributed by atoms with Gasteiger partial charge in [0.1, 0.15) is 10.6 Å². The van der Waals surface area contributed by atoms with Gasteiger partial charge in [-0.05, 0) is 35.4 Å². The number of benzene rings is 2. The van der Waals surface area contributed by atoms with Crippen LogP contribution in [0, 0.1) is 11.3 Å². The lowest BCUT2D eigenvalue weighted by atomic mass is 10.1. The van der Waals surface area contributed by atoms with Crippen LogP contribution in [0.5, 0.6) is 5.75 Å². The number of hydrazine groups is 2. The summed E-state index contributed by atoms with van der Waals surface area (Å²) in [5, 5.41) is 19.0. The first-order valence-electron chi connectivity index (χ1n) is 8.62. The average Bonchev–Trinajstić information content (AvgIpc) is 2.72. The molecule has 0 aliphatic heterocycles. The van der Waals surface area contributed by atoms with Crippen LogP contribution in [0.2, 0.25) is 0 Å². The maximum Gasteiger partial charge on any atom is 0.244 e. The van der Waals surface area contributed by atoms with Gasteiger partial charge >= 0.3 is 0 Å². The third kappa shape index (κ3) is 6.21. The highest BCUT2D eigenvalue weighted by atomic mass is 32.2. The van der Waals surface area contributed by atoms with E-state index in [1.165, 1.54) is 24.4 Å². The Balaban J connectivity index is 2.09. The van der Waals surface area contributed by atoms with Crippen LogP contribution in [0.15, 0.2) is 47.4 Å². The van der Waals surface area contributed by atoms with E-state index < -0.39 is 16.2 Å². The Hall–Kier alpha value is -2.56. The highest BCUT2D eigenvalue weighted by molar-refractivity contribution is 7.89. The van der Waals surface area contributed by atoms with Crippen molar-refractivity contribution in [1.29, 1.82) is 5.26 Å². The van der Waals surface area contributed by atoms with Gasteiger partial charge in [-0.2, -0.15) is 10.4 Å². The zero-order valence-corrected chi connectivity index (χ0v) is 16.7. The maximum atomic E-state index is 12.3. The summed E-state index contributed by atoms with van der Waals surface area (Å²) in [4.78, 5) is -0.0633. The monoisotopic (exact) mass is 420 g/mol. The molecule has 2 aromatic rings. The first-order valence-corrected chi connectivity index (χ1v) is 10.1. The van der Waals surface area contributed by atoms with Crippen molar-refractivity contribution in [2.24, 2.45) is 11.6 Å². The molecule has 0 amide bonds. The van der Waals surface area contributed by atoms with E-state index in [1.54, 1.807) is 30.3 Å². The van der Waals surface area contributed by atoms with Crippen LogP contribution in [-0.2, 0) is 16.6 Å². The van der Waals surface area contributed by atoms with E-state index in [1.807, 2.05) is 6.07 Å². The Morgan fingerprint density at radius 2 is 1.97 bits per heavy atom. The van der Waals surface area contributed by atoms with Crippen molar-refractivity contribution in [1.82, 2.24) is 15.3 Å². The highest BCUT2D eigenvalue weighted by Crippen LogP contribution is 2.26. The number of nitrogens with one attached hydrogen (secondary N) is 2. The molecule has 11 heteroatoms. The van der Waals surface area contributed by atoms with Gasteiger partial charge in [-0.3, -0.25) is 5.84 Å². The summed E-state index contributed by atoms with van der Waals surface area (Å²) in [5.41, 5.74) is 11.0. The van der Waals surface area contributed by atoms with Gasteiger partial charge in [0.2, 0.25) is 10.0 Å². The minimum absolute atomic E-state index is 0.0633. The van der Waals surface area contributed by atoms with Crippen molar-refractivity contribution < 1.29 is 18.3 Å². The van der Waals surface area contributed by atoms with Gasteiger partial charge in [0.15, 0.2) is 0 Å². The molecule has 0 radical (unpaired) electrons. The summed E-state index contributed by atoms with van der Waals surface area (Å²) in [6, 6.07) is 13.4. The molecule has 7 N–H and O–H groups in total. The van der Waals surface area contributed by atoms with E-state index in [0.717, 1.165) is 5.56 Å². The third-order valence-corrected chi connectivity index (χ3v) is 5.48. The molecule has 0 aliphatic rings. The highest BCUT2D eigenvalue weighted by Gasteiger charge is 2.21. The molecular formula is C18H24N6O4S. The predicted molar refractivity (Wildman–Crippen MR) is 106 cm³/mol. The molecule has 0 aliphatic carbocycles. The molecule has 10 nitrogen and oxygen atoms in total. The predicted octanol–water partition coefficient (Wildman–Crippen LogP) is -0.325. The number of aliphatic hydroxyl groups excluding tert-OH is 1. The van der Waals surface area contributed by atoms with Crippen molar-refractivity contribution >= 4 is 10.0 Å². The molecule has 2 rings (SSSR count). The van der Waals surface area contributed by atoms with Crippen LogP contribution in [0.25, 0.3) is 0 Å². The van der Waals surface area contributed by atoms with Crippen molar-refractivity contribution in [3.63, 3.8) is 0 Å². The lowest BCUT2D eigenvalue weighted by Gasteiger charge is -2.23. The second-order valence-electron chi connectivity index (χ2n) is 6.08. The zero-order chi connectivity index (χ0) is 21.4. The number of ether oxygens (including phenoxy) is 1. The summed E-state index contributed by atoms with van der Waals surface area (Å²) in [5.74, 6) is 6.07. The Labute approximate surface area is 169 Å². The number of rotatable bonds is 10. The van der Waals surface area contributed by atoms with Crippen LogP contribution in [0.4, 0.5) is 0 Å². The van der Waals surface area contributed by atoms with Crippen molar-refractivity contribution in [2.45, 2.75) is 17.6 Å². The molecule has 29 heavy (non-hydrogen) atoms. The molecule has 0 fully saturated rings. The number of hydrogen-bond donors (Lipinski definition) is 5. The van der Waals surface area contributed by atoms with Gasteiger partial charge in [0.05, 0.1) is 38.1 Å². The van der Waals surface area contributed by atoms with Crippen molar-refractivity contribution in [3.05, 3.63) is 59.2 Å². The minimum atomic E-state index is -3.83. The quantitative estimate of drug-likeness (QED) is 0.196. The molecule has 0 bridgehead atoms. The molecule has 156 valence electrons. The number of aliphatic hydroxyl groups is 1. The van der Waals surface area contributed by atoms with Crippen LogP contribution in [0.1, 0.15) is 22.9 Å². The van der Waals surface area contributed by atoms with Crippen molar-refractivity contribution in [3.8, 4) is 11.8 Å². The van der Waals surface area contributed by atoms with E-state index in [4.69, 9.17) is 26.7 Å². The Morgan fingerprint density at radius 3 is 2.55 bits per heavy atom. The molecular weight excluding hydrogens is 396 g/mol. The Bertz CT molecular complexity index is 959. The zero-order valence-electron chi connectivity index (χ0n) is 15.9. The fraction of sp³-hybridized carbons (Fsp3) is 0.278. The largest absolute Gasteiger partial charge is 0.495 e. The molecule has 0 heterocycles. The van der Waals surface area contributed by atoms with E-state index in [9.17, 15) is 8.42 Å². The molecule has 2 aromatic carbocycles. The van der Waals surface area contributed by atoms with Gasteiger partial charge < -0.3 is 15.6 Å². The van der Waals surface area contributed by atoms with Crippen LogP contribution >= 0.6 is 0 Å². The number of nitrogens with zero attached hydrogens (tertiary/aromatic N) is 2. The maximum absolute atomic E-state index is 12.3.